The van der Waals surface area contributed by atoms with Crippen LogP contribution in [-0.4, -0.2) is 18.0 Å². The second-order valence-corrected chi connectivity index (χ2v) is 5.26. The molecule has 0 amide bonds. The Kier molecular flexibility index (Phi) is 4.98. The number of hydrogen-bond acceptors (Lipinski definition) is 3. The van der Waals surface area contributed by atoms with Gasteiger partial charge in [-0.15, -0.1) is 11.8 Å². The molecule has 0 aliphatic rings. The van der Waals surface area contributed by atoms with Gasteiger partial charge in [0.15, 0.2) is 0 Å². The van der Waals surface area contributed by atoms with Gasteiger partial charge in [0.25, 0.3) is 0 Å². The zero-order valence-electron chi connectivity index (χ0n) is 10.8. The summed E-state index contributed by atoms with van der Waals surface area (Å²) in [4.78, 5) is 0.819. The van der Waals surface area contributed by atoms with Gasteiger partial charge in [0.1, 0.15) is 17.4 Å². The van der Waals surface area contributed by atoms with Gasteiger partial charge in [0, 0.05) is 22.3 Å². The van der Waals surface area contributed by atoms with Gasteiger partial charge in [0.05, 0.1) is 13.2 Å². The molecule has 0 saturated heterocycles. The van der Waals surface area contributed by atoms with E-state index in [-0.39, 0.29) is 17.1 Å². The van der Waals surface area contributed by atoms with Gasteiger partial charge in [-0.2, -0.15) is 0 Å². The van der Waals surface area contributed by atoms with E-state index in [4.69, 9.17) is 4.74 Å². The number of aliphatic hydroxyl groups excluding tert-OH is 1. The quantitative estimate of drug-likeness (QED) is 0.851. The molecule has 1 N–H and O–H groups in total. The summed E-state index contributed by atoms with van der Waals surface area (Å²) in [6.07, 6.45) is -0.934. The first-order valence-corrected chi connectivity index (χ1v) is 6.98. The summed E-state index contributed by atoms with van der Waals surface area (Å²) in [6.45, 7) is 0. The number of thioether (sulfide) groups is 1. The minimum absolute atomic E-state index is 0.223. The molecule has 0 bridgehead atoms. The summed E-state index contributed by atoms with van der Waals surface area (Å²) in [5, 5.41) is 10.0. The lowest BCUT2D eigenvalue weighted by Crippen LogP contribution is -2.03. The van der Waals surface area contributed by atoms with E-state index < -0.39 is 11.9 Å². The summed E-state index contributed by atoms with van der Waals surface area (Å²) in [7, 11) is 1.45. The zero-order chi connectivity index (χ0) is 14.5. The second kappa shape index (κ2) is 6.72. The Balaban J connectivity index is 2.01. The Morgan fingerprint density at radius 1 is 1.15 bits per heavy atom. The van der Waals surface area contributed by atoms with E-state index in [1.165, 1.54) is 43.1 Å². The third kappa shape index (κ3) is 3.71. The van der Waals surface area contributed by atoms with Gasteiger partial charge in [-0.1, -0.05) is 0 Å². The lowest BCUT2D eigenvalue weighted by atomic mass is 10.1. The van der Waals surface area contributed by atoms with Crippen molar-refractivity contribution < 1.29 is 18.6 Å². The Morgan fingerprint density at radius 2 is 1.85 bits per heavy atom. The van der Waals surface area contributed by atoms with Crippen LogP contribution in [0.4, 0.5) is 8.78 Å². The summed E-state index contributed by atoms with van der Waals surface area (Å²) in [5.41, 5.74) is 0.223. The van der Waals surface area contributed by atoms with Crippen LogP contribution in [0.25, 0.3) is 0 Å². The molecular weight excluding hydrogens is 282 g/mol. The molecule has 2 nitrogen and oxygen atoms in total. The second-order valence-electron chi connectivity index (χ2n) is 4.17. The van der Waals surface area contributed by atoms with Gasteiger partial charge in [0.2, 0.25) is 0 Å². The summed E-state index contributed by atoms with van der Waals surface area (Å²) in [6, 6.07) is 10.3. The predicted octanol–water partition coefficient (Wildman–Crippen LogP) is 3.80. The minimum atomic E-state index is -0.934. The number of benzene rings is 2. The molecule has 0 spiro atoms. The van der Waals surface area contributed by atoms with Crippen molar-refractivity contribution in [2.75, 3.05) is 12.9 Å². The van der Waals surface area contributed by atoms with E-state index in [2.05, 4.69) is 0 Å². The number of aliphatic hydroxyl groups is 1. The molecule has 2 aromatic rings. The van der Waals surface area contributed by atoms with Crippen molar-refractivity contribution in [3.8, 4) is 5.75 Å². The molecule has 0 radical (unpaired) electrons. The van der Waals surface area contributed by atoms with Crippen molar-refractivity contribution in [3.05, 3.63) is 59.7 Å². The lowest BCUT2D eigenvalue weighted by Gasteiger charge is -2.12. The Morgan fingerprint density at radius 3 is 2.45 bits per heavy atom. The van der Waals surface area contributed by atoms with E-state index in [1.807, 2.05) is 0 Å². The first kappa shape index (κ1) is 14.8. The molecule has 20 heavy (non-hydrogen) atoms. The molecule has 0 aliphatic heterocycles. The SMILES string of the molecule is COc1ccc(C(O)CSc2ccc(F)cc2)c(F)c1. The topological polar surface area (TPSA) is 29.5 Å². The third-order valence-electron chi connectivity index (χ3n) is 2.79. The number of methoxy groups -OCH3 is 1. The molecule has 2 rings (SSSR count). The van der Waals surface area contributed by atoms with Crippen LogP contribution >= 0.6 is 11.8 Å². The fraction of sp³-hybridized carbons (Fsp3) is 0.200. The normalized spacial score (nSPS) is 12.2. The van der Waals surface area contributed by atoms with E-state index in [0.29, 0.717) is 5.75 Å². The highest BCUT2D eigenvalue weighted by atomic mass is 32.2. The summed E-state index contributed by atoms with van der Waals surface area (Å²) < 4.78 is 31.4. The van der Waals surface area contributed by atoms with Crippen molar-refractivity contribution in [3.63, 3.8) is 0 Å². The van der Waals surface area contributed by atoms with E-state index in [1.54, 1.807) is 18.2 Å². The fourth-order valence-electron chi connectivity index (χ4n) is 1.70. The Hall–Kier alpha value is -1.59. The summed E-state index contributed by atoms with van der Waals surface area (Å²) in [5.74, 6) is -0.119. The van der Waals surface area contributed by atoms with Crippen molar-refractivity contribution >= 4 is 11.8 Å². The molecule has 0 saturated carbocycles. The number of halogens is 2. The minimum Gasteiger partial charge on any atom is -0.497 e. The standard InChI is InChI=1S/C15H14F2O2S/c1-19-11-4-7-13(14(17)8-11)15(18)9-20-12-5-2-10(16)3-6-12/h2-8,15,18H,9H2,1H3. The van der Waals surface area contributed by atoms with Gasteiger partial charge < -0.3 is 9.84 Å². The predicted molar refractivity (Wildman–Crippen MR) is 75.0 cm³/mol. The van der Waals surface area contributed by atoms with Crippen LogP contribution in [0.1, 0.15) is 11.7 Å². The van der Waals surface area contributed by atoms with Gasteiger partial charge in [-0.25, -0.2) is 8.78 Å². The Bertz CT molecular complexity index is 573. The monoisotopic (exact) mass is 296 g/mol. The maximum Gasteiger partial charge on any atom is 0.132 e. The first-order chi connectivity index (χ1) is 9.60. The van der Waals surface area contributed by atoms with Crippen LogP contribution in [0.15, 0.2) is 47.4 Å². The molecule has 0 heterocycles. The number of rotatable bonds is 5. The smallest absolute Gasteiger partial charge is 0.132 e. The molecule has 1 atom stereocenters. The summed E-state index contributed by atoms with van der Waals surface area (Å²) >= 11 is 1.34. The first-order valence-electron chi connectivity index (χ1n) is 6.00. The van der Waals surface area contributed by atoms with Crippen molar-refractivity contribution in [2.24, 2.45) is 0 Å². The van der Waals surface area contributed by atoms with Crippen molar-refractivity contribution in [1.82, 2.24) is 0 Å². The van der Waals surface area contributed by atoms with Crippen LogP contribution < -0.4 is 4.74 Å². The molecule has 0 aromatic heterocycles. The average Bonchev–Trinajstić information content (AvgIpc) is 2.46. The van der Waals surface area contributed by atoms with Crippen LogP contribution in [0.3, 0.4) is 0 Å². The maximum atomic E-state index is 13.8. The molecular formula is C15H14F2O2S. The fourth-order valence-corrected chi connectivity index (χ4v) is 2.56. The molecule has 2 aromatic carbocycles. The molecule has 106 valence electrons. The molecule has 0 fully saturated rings. The molecule has 0 aliphatic carbocycles. The van der Waals surface area contributed by atoms with Crippen LogP contribution in [0, 0.1) is 11.6 Å². The van der Waals surface area contributed by atoms with Gasteiger partial charge >= 0.3 is 0 Å². The highest BCUT2D eigenvalue weighted by Crippen LogP contribution is 2.27. The van der Waals surface area contributed by atoms with Crippen molar-refractivity contribution in [2.45, 2.75) is 11.0 Å². The van der Waals surface area contributed by atoms with Crippen LogP contribution in [0.5, 0.6) is 5.75 Å². The third-order valence-corrected chi connectivity index (χ3v) is 3.88. The van der Waals surface area contributed by atoms with E-state index >= 15 is 0 Å². The van der Waals surface area contributed by atoms with Crippen LogP contribution in [0.2, 0.25) is 0 Å². The highest BCUT2D eigenvalue weighted by Gasteiger charge is 2.14. The zero-order valence-corrected chi connectivity index (χ0v) is 11.7. The molecule has 1 unspecified atom stereocenters. The van der Waals surface area contributed by atoms with Gasteiger partial charge in [-0.3, -0.25) is 0 Å². The number of ether oxygens (including phenoxy) is 1. The van der Waals surface area contributed by atoms with E-state index in [0.717, 1.165) is 4.90 Å². The van der Waals surface area contributed by atoms with Crippen LogP contribution in [-0.2, 0) is 0 Å². The Labute approximate surface area is 120 Å². The average molecular weight is 296 g/mol. The largest absolute Gasteiger partial charge is 0.497 e. The molecule has 5 heteroatoms. The van der Waals surface area contributed by atoms with Gasteiger partial charge in [-0.05, 0) is 36.4 Å². The highest BCUT2D eigenvalue weighted by molar-refractivity contribution is 7.99. The number of hydrogen-bond donors (Lipinski definition) is 1. The van der Waals surface area contributed by atoms with E-state index in [9.17, 15) is 13.9 Å². The lowest BCUT2D eigenvalue weighted by molar-refractivity contribution is 0.198. The van der Waals surface area contributed by atoms with Crippen molar-refractivity contribution in [1.29, 1.82) is 0 Å². The maximum absolute atomic E-state index is 13.8.